The minimum Gasteiger partial charge on any atom is -0.259 e. The Morgan fingerprint density at radius 3 is 2.59 bits per heavy atom. The average Bonchev–Trinajstić information content (AvgIpc) is 2.29. The van der Waals surface area contributed by atoms with Crippen molar-refractivity contribution in [3.63, 3.8) is 0 Å². The van der Waals surface area contributed by atoms with Crippen molar-refractivity contribution in [2.24, 2.45) is 0 Å². The Bertz CT molecular complexity index is 537. The van der Waals surface area contributed by atoms with E-state index in [1.165, 1.54) is 22.6 Å². The van der Waals surface area contributed by atoms with Gasteiger partial charge >= 0.3 is 0 Å². The van der Waals surface area contributed by atoms with Crippen molar-refractivity contribution in [1.29, 1.82) is 0 Å². The second kappa shape index (κ2) is 5.01. The molecular weight excluding hydrogens is 284 g/mol. The molecule has 1 aromatic rings. The van der Waals surface area contributed by atoms with Crippen LogP contribution < -0.4 is 0 Å². The zero-order valence-electron chi connectivity index (χ0n) is 8.87. The molecule has 0 amide bonds. The van der Waals surface area contributed by atoms with Gasteiger partial charge in [0.15, 0.2) is 0 Å². The summed E-state index contributed by atoms with van der Waals surface area (Å²) in [7, 11) is -4.43. The Balaban J connectivity index is 2.27. The van der Waals surface area contributed by atoms with Crippen molar-refractivity contribution in [2.75, 3.05) is 24.6 Å². The van der Waals surface area contributed by atoms with Gasteiger partial charge in [-0.15, -0.1) is 0 Å². The highest BCUT2D eigenvalue weighted by molar-refractivity contribution is 7.89. The van der Waals surface area contributed by atoms with Gasteiger partial charge in [-0.25, -0.2) is 13.4 Å². The Morgan fingerprint density at radius 1 is 1.35 bits per heavy atom. The fourth-order valence-corrected chi connectivity index (χ4v) is 4.53. The van der Waals surface area contributed by atoms with Crippen molar-refractivity contribution in [3.8, 4) is 0 Å². The van der Waals surface area contributed by atoms with Crippen LogP contribution in [0.5, 0.6) is 0 Å². The highest BCUT2D eigenvalue weighted by Crippen LogP contribution is 2.19. The molecule has 8 heteroatoms. The van der Waals surface area contributed by atoms with E-state index in [0.717, 1.165) is 0 Å². The van der Waals surface area contributed by atoms with Gasteiger partial charge in [0.25, 0.3) is 0 Å². The highest BCUT2D eigenvalue weighted by atomic mass is 35.5. The summed E-state index contributed by atoms with van der Waals surface area (Å²) in [5.74, 6) is 0.774. The predicted octanol–water partition coefficient (Wildman–Crippen LogP) is 0.488. The standard InChI is InChI=1S/C9H11ClN2O3S2/c10-9-7-8(1-2-11-9)17(14,15)12-3-5-16(13)6-4-12/h1-2,7H,3-6H2. The monoisotopic (exact) mass is 294 g/mol. The molecule has 94 valence electrons. The van der Waals surface area contributed by atoms with Crippen molar-refractivity contribution in [2.45, 2.75) is 4.90 Å². The quantitative estimate of drug-likeness (QED) is 0.745. The van der Waals surface area contributed by atoms with Gasteiger partial charge in [0.05, 0.1) is 4.90 Å². The molecule has 0 radical (unpaired) electrons. The van der Waals surface area contributed by atoms with Crippen molar-refractivity contribution < 1.29 is 12.6 Å². The zero-order chi connectivity index (χ0) is 12.5. The third kappa shape index (κ3) is 2.85. The molecule has 0 atom stereocenters. The van der Waals surface area contributed by atoms with Crippen LogP contribution in [0.15, 0.2) is 23.2 Å². The molecule has 0 bridgehead atoms. The van der Waals surface area contributed by atoms with Crippen LogP contribution in [0.4, 0.5) is 0 Å². The van der Waals surface area contributed by atoms with Crippen LogP contribution >= 0.6 is 11.6 Å². The first-order valence-electron chi connectivity index (χ1n) is 4.97. The highest BCUT2D eigenvalue weighted by Gasteiger charge is 2.28. The number of nitrogens with zero attached hydrogens (tertiary/aromatic N) is 2. The first-order valence-corrected chi connectivity index (χ1v) is 8.27. The van der Waals surface area contributed by atoms with Crippen LogP contribution in [-0.2, 0) is 20.8 Å². The lowest BCUT2D eigenvalue weighted by molar-refractivity contribution is 0.438. The topological polar surface area (TPSA) is 67.3 Å². The molecule has 0 N–H and O–H groups in total. The van der Waals surface area contributed by atoms with Gasteiger partial charge in [-0.05, 0) is 12.1 Å². The maximum Gasteiger partial charge on any atom is 0.243 e. The molecule has 2 heterocycles. The second-order valence-corrected chi connectivity index (χ2v) is 7.59. The normalized spacial score (nSPS) is 19.4. The molecule has 1 fully saturated rings. The average molecular weight is 295 g/mol. The predicted molar refractivity (Wildman–Crippen MR) is 65.9 cm³/mol. The number of hydrogen-bond acceptors (Lipinski definition) is 4. The van der Waals surface area contributed by atoms with Gasteiger partial charge in [-0.1, -0.05) is 11.6 Å². The molecule has 1 aliphatic heterocycles. The van der Waals surface area contributed by atoms with E-state index in [9.17, 15) is 12.6 Å². The van der Waals surface area contributed by atoms with Crippen LogP contribution in [-0.4, -0.2) is 46.5 Å². The molecule has 0 unspecified atom stereocenters. The molecule has 1 saturated heterocycles. The van der Waals surface area contributed by atoms with Gasteiger partial charge in [-0.2, -0.15) is 4.31 Å². The van der Waals surface area contributed by atoms with Crippen molar-refractivity contribution in [1.82, 2.24) is 9.29 Å². The number of hydrogen-bond donors (Lipinski definition) is 0. The Morgan fingerprint density at radius 2 is 2.00 bits per heavy atom. The first-order chi connectivity index (χ1) is 8.00. The molecule has 0 spiro atoms. The number of pyridine rings is 1. The largest absolute Gasteiger partial charge is 0.259 e. The van der Waals surface area contributed by atoms with Gasteiger partial charge in [0.1, 0.15) is 5.15 Å². The summed E-state index contributed by atoms with van der Waals surface area (Å²) in [4.78, 5) is 3.87. The van der Waals surface area contributed by atoms with Gasteiger partial charge in [0.2, 0.25) is 10.0 Å². The minimum absolute atomic E-state index is 0.130. The summed E-state index contributed by atoms with van der Waals surface area (Å²) in [5.41, 5.74) is 0. The molecule has 17 heavy (non-hydrogen) atoms. The SMILES string of the molecule is O=S1CCN(S(=O)(=O)c2ccnc(Cl)c2)CC1. The maximum atomic E-state index is 12.2. The number of rotatable bonds is 2. The summed E-state index contributed by atoms with van der Waals surface area (Å²) in [6.07, 6.45) is 1.36. The number of halogens is 1. The summed E-state index contributed by atoms with van der Waals surface area (Å²) in [6.45, 7) is 0.573. The summed E-state index contributed by atoms with van der Waals surface area (Å²) in [5, 5.41) is 0.145. The number of sulfonamides is 1. The van der Waals surface area contributed by atoms with Crippen LogP contribution in [0, 0.1) is 0 Å². The molecular formula is C9H11ClN2O3S2. The zero-order valence-corrected chi connectivity index (χ0v) is 11.3. The summed E-state index contributed by atoms with van der Waals surface area (Å²) in [6, 6.07) is 2.73. The van der Waals surface area contributed by atoms with Gasteiger partial charge in [0, 0.05) is 41.6 Å². The Kier molecular flexibility index (Phi) is 3.82. The molecule has 2 rings (SSSR count). The number of aromatic nitrogens is 1. The van der Waals surface area contributed by atoms with Crippen LogP contribution in [0.25, 0.3) is 0 Å². The fraction of sp³-hybridized carbons (Fsp3) is 0.444. The molecule has 0 saturated carbocycles. The van der Waals surface area contributed by atoms with Gasteiger partial charge in [-0.3, -0.25) is 4.21 Å². The van der Waals surface area contributed by atoms with Crippen LogP contribution in [0.3, 0.4) is 0 Å². The van der Waals surface area contributed by atoms with E-state index in [-0.39, 0.29) is 23.1 Å². The minimum atomic E-state index is -3.53. The summed E-state index contributed by atoms with van der Waals surface area (Å²) < 4.78 is 36.9. The Hall–Kier alpha value is -0.500. The van der Waals surface area contributed by atoms with E-state index in [2.05, 4.69) is 4.98 Å². The maximum absolute atomic E-state index is 12.2. The van der Waals surface area contributed by atoms with Gasteiger partial charge < -0.3 is 0 Å². The van der Waals surface area contributed by atoms with Crippen LogP contribution in [0.2, 0.25) is 5.15 Å². The smallest absolute Gasteiger partial charge is 0.243 e. The summed E-state index contributed by atoms with van der Waals surface area (Å²) >= 11 is 5.67. The van der Waals surface area contributed by atoms with E-state index in [1.807, 2.05) is 0 Å². The molecule has 1 aliphatic rings. The van der Waals surface area contributed by atoms with E-state index >= 15 is 0 Å². The van der Waals surface area contributed by atoms with Crippen molar-refractivity contribution in [3.05, 3.63) is 23.5 Å². The molecule has 5 nitrogen and oxygen atoms in total. The van der Waals surface area contributed by atoms with E-state index in [4.69, 9.17) is 11.6 Å². The lowest BCUT2D eigenvalue weighted by Crippen LogP contribution is -2.41. The second-order valence-electron chi connectivity index (χ2n) is 3.57. The van der Waals surface area contributed by atoms with E-state index in [0.29, 0.717) is 11.5 Å². The lowest BCUT2D eigenvalue weighted by Gasteiger charge is -2.25. The van der Waals surface area contributed by atoms with E-state index < -0.39 is 20.8 Å². The molecule has 0 aliphatic carbocycles. The third-order valence-corrected chi connectivity index (χ3v) is 5.85. The molecule has 1 aromatic heterocycles. The van der Waals surface area contributed by atoms with Crippen LogP contribution in [0.1, 0.15) is 0 Å². The molecule has 0 aromatic carbocycles. The van der Waals surface area contributed by atoms with E-state index in [1.54, 1.807) is 0 Å². The third-order valence-electron chi connectivity index (χ3n) is 2.47. The first kappa shape index (κ1) is 12.9. The lowest BCUT2D eigenvalue weighted by atomic mass is 10.5. The fourth-order valence-electron chi connectivity index (χ4n) is 1.56. The Labute approximate surface area is 107 Å². The van der Waals surface area contributed by atoms with Crippen molar-refractivity contribution >= 4 is 32.4 Å².